The van der Waals surface area contributed by atoms with E-state index in [0.717, 1.165) is 0 Å². The highest BCUT2D eigenvalue weighted by Gasteiger charge is 2.37. The molecule has 2 heterocycles. The number of likely N-dealkylation sites (tertiary alicyclic amines) is 1. The van der Waals surface area contributed by atoms with Crippen LogP contribution in [-0.2, 0) is 12.6 Å². The molecule has 2 aromatic carbocycles. The number of ether oxygens (including phenoxy) is 2. The lowest BCUT2D eigenvalue weighted by molar-refractivity contribution is -0.139. The topological polar surface area (TPSA) is 106 Å². The molecule has 2 aliphatic rings. The van der Waals surface area contributed by atoms with Crippen molar-refractivity contribution in [2.75, 3.05) is 32.6 Å². The number of alkyl halides is 4. The zero-order chi connectivity index (χ0) is 29.3. The second kappa shape index (κ2) is 11.3. The molecule has 1 fully saturated rings. The Balaban J connectivity index is 1.39. The van der Waals surface area contributed by atoms with Crippen LogP contribution < -0.4 is 20.1 Å². The molecule has 1 saturated heterocycles. The van der Waals surface area contributed by atoms with Crippen LogP contribution in [0.4, 0.5) is 29.2 Å². The maximum absolute atomic E-state index is 14.4. The Labute approximate surface area is 232 Å². The Morgan fingerprint density at radius 3 is 2.68 bits per heavy atom. The summed E-state index contributed by atoms with van der Waals surface area (Å²) in [5.41, 5.74) is 0.181. The van der Waals surface area contributed by atoms with Gasteiger partial charge in [0.1, 0.15) is 23.2 Å². The molecule has 9 nitrogen and oxygen atoms in total. The van der Waals surface area contributed by atoms with Gasteiger partial charge in [0, 0.05) is 31.3 Å². The molecular weight excluding hydrogens is 546 g/mol. The maximum atomic E-state index is 14.4. The van der Waals surface area contributed by atoms with Crippen molar-refractivity contribution >= 4 is 23.3 Å². The first-order valence-electron chi connectivity index (χ1n) is 12.9. The van der Waals surface area contributed by atoms with Crippen LogP contribution >= 0.6 is 0 Å². The number of halogens is 4. The number of methoxy groups -OCH3 is 1. The number of benzene rings is 2. The van der Waals surface area contributed by atoms with Gasteiger partial charge in [0.25, 0.3) is 5.91 Å². The van der Waals surface area contributed by atoms with E-state index in [9.17, 15) is 27.2 Å². The number of hydrogen-bond donors (Lipinski definition) is 2. The van der Waals surface area contributed by atoms with Crippen LogP contribution in [0, 0.1) is 0 Å². The van der Waals surface area contributed by atoms with Gasteiger partial charge in [-0.3, -0.25) is 9.59 Å². The van der Waals surface area contributed by atoms with Crippen molar-refractivity contribution in [1.82, 2.24) is 20.2 Å². The van der Waals surface area contributed by atoms with Crippen LogP contribution in [0.5, 0.6) is 17.4 Å². The Bertz CT molecular complexity index is 1480. The SMILES string of the molecule is COc1cc(C(=O)N[C@H]2CCN(C)C[C@@H]2F)ccc1Nc1ncc(C(F)(F)F)c(Oc2cccc3c2C(=O)CC3)n1. The van der Waals surface area contributed by atoms with E-state index in [4.69, 9.17) is 9.47 Å². The third kappa shape index (κ3) is 6.09. The van der Waals surface area contributed by atoms with Crippen LogP contribution in [0.2, 0.25) is 0 Å². The molecule has 0 saturated carbocycles. The highest BCUT2D eigenvalue weighted by Crippen LogP contribution is 2.40. The van der Waals surface area contributed by atoms with Crippen LogP contribution in [0.3, 0.4) is 0 Å². The number of ketones is 1. The molecule has 0 radical (unpaired) electrons. The third-order valence-corrected chi connectivity index (χ3v) is 7.05. The van der Waals surface area contributed by atoms with Crippen molar-refractivity contribution in [3.63, 3.8) is 0 Å². The fourth-order valence-corrected chi connectivity index (χ4v) is 4.89. The quantitative estimate of drug-likeness (QED) is 0.383. The van der Waals surface area contributed by atoms with Gasteiger partial charge in [0.15, 0.2) is 5.78 Å². The number of aryl methyl sites for hydroxylation is 1. The Kier molecular flexibility index (Phi) is 7.80. The maximum Gasteiger partial charge on any atom is 0.423 e. The van der Waals surface area contributed by atoms with Gasteiger partial charge < -0.3 is 25.0 Å². The summed E-state index contributed by atoms with van der Waals surface area (Å²) < 4.78 is 66.7. The van der Waals surface area contributed by atoms with Gasteiger partial charge in [-0.1, -0.05) is 12.1 Å². The Hall–Kier alpha value is -4.26. The standard InChI is InChI=1S/C28H27F4N5O4/c1-37-11-10-19(18(29)14-37)34-25(39)16-6-8-20(23(12-16)40-2)35-27-33-13-17(28(30,31)32)26(36-27)41-22-5-3-4-15-7-9-21(38)24(15)22/h3-6,8,12-13,18-19H,7,9-11,14H2,1-2H3,(H,34,39)(H,33,35,36)/t18-,19-/m0/s1. The second-order valence-electron chi connectivity index (χ2n) is 9.91. The third-order valence-electron chi connectivity index (χ3n) is 7.05. The minimum atomic E-state index is -4.82. The lowest BCUT2D eigenvalue weighted by Gasteiger charge is -2.32. The number of hydrogen-bond acceptors (Lipinski definition) is 8. The summed E-state index contributed by atoms with van der Waals surface area (Å²) in [6.45, 7) is 0.873. The van der Waals surface area contributed by atoms with Crippen molar-refractivity contribution in [2.24, 2.45) is 0 Å². The van der Waals surface area contributed by atoms with Gasteiger partial charge >= 0.3 is 6.18 Å². The van der Waals surface area contributed by atoms with Crippen molar-refractivity contribution < 1.29 is 36.6 Å². The fraction of sp³-hybridized carbons (Fsp3) is 0.357. The van der Waals surface area contributed by atoms with E-state index in [2.05, 4.69) is 20.6 Å². The van der Waals surface area contributed by atoms with E-state index in [1.165, 1.54) is 31.4 Å². The highest BCUT2D eigenvalue weighted by molar-refractivity contribution is 6.03. The summed E-state index contributed by atoms with van der Waals surface area (Å²) in [6, 6.07) is 8.47. The van der Waals surface area contributed by atoms with E-state index >= 15 is 0 Å². The molecule has 1 aliphatic heterocycles. The molecule has 41 heavy (non-hydrogen) atoms. The molecule has 13 heteroatoms. The van der Waals surface area contributed by atoms with Gasteiger partial charge in [0.2, 0.25) is 11.8 Å². The first kappa shape index (κ1) is 28.3. The van der Waals surface area contributed by atoms with E-state index in [1.807, 2.05) is 11.9 Å². The zero-order valence-electron chi connectivity index (χ0n) is 22.2. The smallest absolute Gasteiger partial charge is 0.423 e. The number of amides is 1. The average molecular weight is 574 g/mol. The van der Waals surface area contributed by atoms with Gasteiger partial charge in [-0.2, -0.15) is 18.2 Å². The molecule has 5 rings (SSSR count). The predicted octanol–water partition coefficient (Wildman–Crippen LogP) is 4.94. The van der Waals surface area contributed by atoms with E-state index in [1.54, 1.807) is 12.1 Å². The van der Waals surface area contributed by atoms with Gasteiger partial charge in [-0.05, 0) is 49.7 Å². The van der Waals surface area contributed by atoms with E-state index in [-0.39, 0.29) is 53.0 Å². The number of fused-ring (bicyclic) bond motifs is 1. The summed E-state index contributed by atoms with van der Waals surface area (Å²) >= 11 is 0. The van der Waals surface area contributed by atoms with Crippen molar-refractivity contribution in [3.05, 3.63) is 64.8 Å². The second-order valence-corrected chi connectivity index (χ2v) is 9.91. The number of nitrogens with zero attached hydrogens (tertiary/aromatic N) is 3. The minimum absolute atomic E-state index is 0.0202. The molecule has 0 unspecified atom stereocenters. The van der Waals surface area contributed by atoms with Crippen molar-refractivity contribution in [1.29, 1.82) is 0 Å². The Morgan fingerprint density at radius 2 is 1.95 bits per heavy atom. The van der Waals surface area contributed by atoms with E-state index < -0.39 is 35.7 Å². The fourth-order valence-electron chi connectivity index (χ4n) is 4.89. The molecule has 2 N–H and O–H groups in total. The summed E-state index contributed by atoms with van der Waals surface area (Å²) in [5, 5.41) is 5.50. The predicted molar refractivity (Wildman–Crippen MR) is 141 cm³/mol. The molecule has 1 amide bonds. The monoisotopic (exact) mass is 573 g/mol. The van der Waals surface area contributed by atoms with Crippen LogP contribution in [0.15, 0.2) is 42.6 Å². The number of nitrogens with one attached hydrogen (secondary N) is 2. The largest absolute Gasteiger partial charge is 0.495 e. The molecule has 0 spiro atoms. The van der Waals surface area contributed by atoms with Gasteiger partial charge in [-0.15, -0.1) is 0 Å². The van der Waals surface area contributed by atoms with Crippen LogP contribution in [0.25, 0.3) is 0 Å². The molecule has 2 atom stereocenters. The van der Waals surface area contributed by atoms with Crippen molar-refractivity contribution in [3.8, 4) is 17.4 Å². The number of piperidine rings is 1. The summed E-state index contributed by atoms with van der Waals surface area (Å²) in [4.78, 5) is 34.7. The number of carbonyl (C=O) groups excluding carboxylic acids is 2. The highest BCUT2D eigenvalue weighted by atomic mass is 19.4. The molecule has 216 valence electrons. The lowest BCUT2D eigenvalue weighted by Crippen LogP contribution is -2.51. The Morgan fingerprint density at radius 1 is 1.15 bits per heavy atom. The average Bonchev–Trinajstić information content (AvgIpc) is 3.31. The zero-order valence-corrected chi connectivity index (χ0v) is 22.2. The van der Waals surface area contributed by atoms with Gasteiger partial charge in [0.05, 0.1) is 24.4 Å². The summed E-state index contributed by atoms with van der Waals surface area (Å²) in [5.74, 6) is -1.57. The summed E-state index contributed by atoms with van der Waals surface area (Å²) in [7, 11) is 3.16. The number of Topliss-reactive ketones (excluding diaryl/α,β-unsaturated/α-hetero) is 1. The molecule has 1 aromatic heterocycles. The molecule has 0 bridgehead atoms. The lowest BCUT2D eigenvalue weighted by atomic mass is 10.0. The number of aromatic nitrogens is 2. The summed E-state index contributed by atoms with van der Waals surface area (Å²) in [6.07, 6.45) is -4.25. The first-order chi connectivity index (χ1) is 19.5. The van der Waals surface area contributed by atoms with Crippen molar-refractivity contribution in [2.45, 2.75) is 37.7 Å². The molecule has 3 aromatic rings. The van der Waals surface area contributed by atoms with Crippen LogP contribution in [0.1, 0.15) is 44.7 Å². The van der Waals surface area contributed by atoms with Crippen LogP contribution in [-0.4, -0.2) is 66.0 Å². The number of anilines is 2. The number of carbonyl (C=O) groups is 2. The van der Waals surface area contributed by atoms with Gasteiger partial charge in [-0.25, -0.2) is 9.37 Å². The molecular formula is C28H27F4N5O4. The normalized spacial score (nSPS) is 19.0. The minimum Gasteiger partial charge on any atom is -0.495 e. The first-order valence-corrected chi connectivity index (χ1v) is 12.9. The van der Waals surface area contributed by atoms with E-state index in [0.29, 0.717) is 31.1 Å². The number of rotatable bonds is 7. The molecule has 1 aliphatic carbocycles.